The highest BCUT2D eigenvalue weighted by molar-refractivity contribution is 7.99. The molecule has 0 bridgehead atoms. The van der Waals surface area contributed by atoms with Crippen molar-refractivity contribution >= 4 is 30.1 Å². The lowest BCUT2D eigenvalue weighted by molar-refractivity contribution is -0.121. The summed E-state index contributed by atoms with van der Waals surface area (Å²) in [6, 6.07) is 10.3. The number of hydrogen-bond donors (Lipinski definition) is 2. The maximum Gasteiger partial charge on any atom is 0.220 e. The van der Waals surface area contributed by atoms with E-state index in [0.717, 1.165) is 31.8 Å². The molecule has 1 heterocycles. The van der Waals surface area contributed by atoms with Crippen molar-refractivity contribution in [2.24, 2.45) is 5.92 Å². The molecule has 0 spiro atoms. The lowest BCUT2D eigenvalue weighted by atomic mass is 10.0. The molecule has 2 rings (SSSR count). The van der Waals surface area contributed by atoms with Crippen molar-refractivity contribution in [3.63, 3.8) is 0 Å². The van der Waals surface area contributed by atoms with Crippen LogP contribution in [-0.2, 0) is 4.79 Å². The largest absolute Gasteiger partial charge is 0.355 e. The summed E-state index contributed by atoms with van der Waals surface area (Å²) in [6.45, 7) is 2.94. The van der Waals surface area contributed by atoms with E-state index >= 15 is 0 Å². The molecular weight excluding hydrogens is 292 g/mol. The highest BCUT2D eigenvalue weighted by atomic mass is 35.5. The highest BCUT2D eigenvalue weighted by Gasteiger charge is 2.15. The second kappa shape index (κ2) is 10.1. The second-order valence-electron chi connectivity index (χ2n) is 4.91. The summed E-state index contributed by atoms with van der Waals surface area (Å²) in [7, 11) is 0. The first kappa shape index (κ1) is 17.3. The molecule has 0 saturated carbocycles. The molecule has 0 radical (unpaired) electrons. The molecule has 112 valence electrons. The van der Waals surface area contributed by atoms with E-state index in [2.05, 4.69) is 22.8 Å². The molecule has 2 N–H and O–H groups in total. The van der Waals surface area contributed by atoms with E-state index in [1.807, 2.05) is 18.2 Å². The maximum absolute atomic E-state index is 11.7. The van der Waals surface area contributed by atoms with Gasteiger partial charge in [0.2, 0.25) is 5.91 Å². The van der Waals surface area contributed by atoms with Gasteiger partial charge in [-0.15, -0.1) is 24.2 Å². The lowest BCUT2D eigenvalue weighted by Crippen LogP contribution is -2.26. The van der Waals surface area contributed by atoms with Crippen molar-refractivity contribution in [1.29, 1.82) is 0 Å². The topological polar surface area (TPSA) is 41.1 Å². The van der Waals surface area contributed by atoms with Crippen LogP contribution < -0.4 is 10.6 Å². The summed E-state index contributed by atoms with van der Waals surface area (Å²) in [4.78, 5) is 12.9. The van der Waals surface area contributed by atoms with Crippen LogP contribution in [0.15, 0.2) is 35.2 Å². The van der Waals surface area contributed by atoms with Gasteiger partial charge < -0.3 is 10.6 Å². The Bertz CT molecular complexity index is 383. The molecule has 1 aromatic carbocycles. The van der Waals surface area contributed by atoms with Gasteiger partial charge in [-0.2, -0.15) is 0 Å². The zero-order chi connectivity index (χ0) is 13.3. The van der Waals surface area contributed by atoms with Crippen LogP contribution in [-0.4, -0.2) is 31.3 Å². The Balaban J connectivity index is 0.00000200. The lowest BCUT2D eigenvalue weighted by Gasteiger charge is -2.08. The minimum absolute atomic E-state index is 0. The average Bonchev–Trinajstić information content (AvgIpc) is 2.96. The van der Waals surface area contributed by atoms with Gasteiger partial charge in [0.05, 0.1) is 0 Å². The number of amides is 1. The van der Waals surface area contributed by atoms with Crippen LogP contribution in [0.2, 0.25) is 0 Å². The van der Waals surface area contributed by atoms with Gasteiger partial charge in [0.15, 0.2) is 0 Å². The van der Waals surface area contributed by atoms with Crippen LogP contribution in [0.1, 0.15) is 19.3 Å². The van der Waals surface area contributed by atoms with Gasteiger partial charge in [-0.05, 0) is 44.0 Å². The molecule has 5 heteroatoms. The summed E-state index contributed by atoms with van der Waals surface area (Å²) < 4.78 is 0. The van der Waals surface area contributed by atoms with Gasteiger partial charge in [-0.1, -0.05) is 18.2 Å². The van der Waals surface area contributed by atoms with E-state index in [-0.39, 0.29) is 18.3 Å². The van der Waals surface area contributed by atoms with Gasteiger partial charge >= 0.3 is 0 Å². The fraction of sp³-hybridized carbons (Fsp3) is 0.533. The van der Waals surface area contributed by atoms with Gasteiger partial charge in [0.25, 0.3) is 0 Å². The van der Waals surface area contributed by atoms with Crippen LogP contribution in [0, 0.1) is 5.92 Å². The number of hydrogen-bond acceptors (Lipinski definition) is 3. The minimum Gasteiger partial charge on any atom is -0.355 e. The fourth-order valence-electron chi connectivity index (χ4n) is 2.26. The molecule has 1 unspecified atom stereocenters. The number of thioether (sulfide) groups is 1. The van der Waals surface area contributed by atoms with Gasteiger partial charge in [-0.3, -0.25) is 4.79 Å². The Morgan fingerprint density at radius 2 is 2.15 bits per heavy atom. The molecule has 1 aliphatic heterocycles. The smallest absolute Gasteiger partial charge is 0.220 e. The summed E-state index contributed by atoms with van der Waals surface area (Å²) in [6.07, 6.45) is 2.91. The summed E-state index contributed by atoms with van der Waals surface area (Å²) in [5, 5.41) is 6.33. The summed E-state index contributed by atoms with van der Waals surface area (Å²) >= 11 is 1.78. The van der Waals surface area contributed by atoms with Gasteiger partial charge in [0.1, 0.15) is 0 Å². The van der Waals surface area contributed by atoms with E-state index in [4.69, 9.17) is 0 Å². The van der Waals surface area contributed by atoms with Crippen molar-refractivity contribution in [3.05, 3.63) is 30.3 Å². The van der Waals surface area contributed by atoms with Crippen LogP contribution in [0.3, 0.4) is 0 Å². The Morgan fingerprint density at radius 3 is 2.85 bits per heavy atom. The van der Waals surface area contributed by atoms with Gasteiger partial charge in [-0.25, -0.2) is 0 Å². The van der Waals surface area contributed by atoms with Crippen molar-refractivity contribution in [2.45, 2.75) is 24.2 Å². The van der Waals surface area contributed by atoms with E-state index in [1.165, 1.54) is 11.3 Å². The molecule has 1 fully saturated rings. The molecule has 1 aromatic rings. The Labute approximate surface area is 131 Å². The normalized spacial score (nSPS) is 17.5. The third kappa shape index (κ3) is 6.64. The monoisotopic (exact) mass is 314 g/mol. The third-order valence-electron chi connectivity index (χ3n) is 3.38. The fourth-order valence-corrected chi connectivity index (χ4v) is 3.05. The van der Waals surface area contributed by atoms with Crippen molar-refractivity contribution < 1.29 is 4.79 Å². The van der Waals surface area contributed by atoms with Crippen LogP contribution in [0.25, 0.3) is 0 Å². The number of carbonyl (C=O) groups is 1. The van der Waals surface area contributed by atoms with Crippen molar-refractivity contribution in [3.8, 4) is 0 Å². The van der Waals surface area contributed by atoms with Crippen LogP contribution in [0.5, 0.6) is 0 Å². The predicted octanol–water partition coefficient (Wildman–Crippen LogP) is 2.71. The Hall–Kier alpha value is -0.710. The summed E-state index contributed by atoms with van der Waals surface area (Å²) in [5.41, 5.74) is 0. The third-order valence-corrected chi connectivity index (χ3v) is 4.39. The van der Waals surface area contributed by atoms with E-state index in [9.17, 15) is 4.79 Å². The molecule has 1 amide bonds. The molecular formula is C15H23ClN2OS. The number of rotatable bonds is 7. The molecule has 1 aliphatic rings. The second-order valence-corrected chi connectivity index (χ2v) is 6.08. The first-order valence-electron chi connectivity index (χ1n) is 7.00. The van der Waals surface area contributed by atoms with E-state index in [0.29, 0.717) is 12.3 Å². The number of benzene rings is 1. The van der Waals surface area contributed by atoms with Crippen LogP contribution >= 0.6 is 24.2 Å². The Kier molecular flexibility index (Phi) is 8.74. The first-order valence-corrected chi connectivity index (χ1v) is 7.98. The number of nitrogens with one attached hydrogen (secondary N) is 2. The van der Waals surface area contributed by atoms with Crippen molar-refractivity contribution in [2.75, 3.05) is 25.4 Å². The SMILES string of the molecule is Cl.O=C(CCC1CCNC1)NCCSc1ccccc1. The van der Waals surface area contributed by atoms with Crippen molar-refractivity contribution in [1.82, 2.24) is 10.6 Å². The predicted molar refractivity (Wildman–Crippen MR) is 87.6 cm³/mol. The standard InChI is InChI=1S/C15H22N2OS.ClH/c18-15(7-6-13-8-9-16-12-13)17-10-11-19-14-4-2-1-3-5-14;/h1-5,13,16H,6-12H2,(H,17,18);1H. The maximum atomic E-state index is 11.7. The zero-order valence-corrected chi connectivity index (χ0v) is 13.3. The molecule has 1 atom stereocenters. The van der Waals surface area contributed by atoms with Crippen LogP contribution in [0.4, 0.5) is 0 Å². The minimum atomic E-state index is 0. The van der Waals surface area contributed by atoms with E-state index in [1.54, 1.807) is 11.8 Å². The molecule has 1 saturated heterocycles. The molecule has 0 aromatic heterocycles. The first-order chi connectivity index (χ1) is 9.34. The molecule has 20 heavy (non-hydrogen) atoms. The summed E-state index contributed by atoms with van der Waals surface area (Å²) in [5.74, 6) is 1.82. The van der Waals surface area contributed by atoms with Gasteiger partial charge in [0, 0.05) is 23.6 Å². The zero-order valence-electron chi connectivity index (χ0n) is 11.6. The van der Waals surface area contributed by atoms with E-state index < -0.39 is 0 Å². The average molecular weight is 315 g/mol. The molecule has 3 nitrogen and oxygen atoms in total. The molecule has 0 aliphatic carbocycles. The number of carbonyl (C=O) groups excluding carboxylic acids is 1. The highest BCUT2D eigenvalue weighted by Crippen LogP contribution is 2.16. The Morgan fingerprint density at radius 1 is 1.35 bits per heavy atom. The number of halogens is 1. The quantitative estimate of drug-likeness (QED) is 0.600.